The molecule has 0 radical (unpaired) electrons. The van der Waals surface area contributed by atoms with E-state index < -0.39 is 0 Å². The number of hydrogen-bond acceptors (Lipinski definition) is 2. The van der Waals surface area contributed by atoms with E-state index in [1.54, 1.807) is 4.90 Å². The minimum atomic E-state index is -0.349. The molecule has 1 aliphatic rings. The highest BCUT2D eigenvalue weighted by Gasteiger charge is 2.33. The van der Waals surface area contributed by atoms with Gasteiger partial charge in [0.15, 0.2) is 0 Å². The van der Waals surface area contributed by atoms with Crippen molar-refractivity contribution in [2.24, 2.45) is 5.92 Å². The Kier molecular flexibility index (Phi) is 6.44. The molecule has 3 amide bonds. The number of likely N-dealkylation sites (tertiary alicyclic amines) is 1. The van der Waals surface area contributed by atoms with Gasteiger partial charge in [-0.3, -0.25) is 4.79 Å². The Morgan fingerprint density at radius 1 is 1.22 bits per heavy atom. The predicted molar refractivity (Wildman–Crippen MR) is 90.9 cm³/mol. The summed E-state index contributed by atoms with van der Waals surface area (Å²) in [6, 6.07) is 9.33. The van der Waals surface area contributed by atoms with Crippen LogP contribution in [0.4, 0.5) is 4.79 Å². The van der Waals surface area contributed by atoms with Crippen molar-refractivity contribution in [2.45, 2.75) is 45.7 Å². The first-order valence-electron chi connectivity index (χ1n) is 8.44. The van der Waals surface area contributed by atoms with Gasteiger partial charge in [-0.2, -0.15) is 0 Å². The van der Waals surface area contributed by atoms with Crippen LogP contribution in [0.15, 0.2) is 30.3 Å². The van der Waals surface area contributed by atoms with Crippen molar-refractivity contribution >= 4 is 11.9 Å². The van der Waals surface area contributed by atoms with Crippen LogP contribution in [0.1, 0.15) is 38.7 Å². The number of carbonyl (C=O) groups is 2. The highest BCUT2D eigenvalue weighted by Crippen LogP contribution is 2.17. The molecule has 5 nitrogen and oxygen atoms in total. The molecule has 0 saturated carbocycles. The molecule has 1 aromatic rings. The number of hydrogen-bond donors (Lipinski definition) is 2. The molecule has 126 valence electrons. The second-order valence-corrected chi connectivity index (χ2v) is 6.47. The molecule has 0 aromatic heterocycles. The summed E-state index contributed by atoms with van der Waals surface area (Å²) in [4.78, 5) is 26.3. The summed E-state index contributed by atoms with van der Waals surface area (Å²) in [5.41, 5.74) is 1.06. The summed E-state index contributed by atoms with van der Waals surface area (Å²) in [5, 5.41) is 5.86. The topological polar surface area (TPSA) is 61.4 Å². The first-order valence-corrected chi connectivity index (χ1v) is 8.44. The fourth-order valence-electron chi connectivity index (χ4n) is 2.75. The van der Waals surface area contributed by atoms with E-state index in [-0.39, 0.29) is 18.0 Å². The molecule has 0 unspecified atom stereocenters. The maximum absolute atomic E-state index is 12.4. The molecule has 1 aromatic carbocycles. The first-order chi connectivity index (χ1) is 11.1. The lowest BCUT2D eigenvalue weighted by molar-refractivity contribution is -0.124. The summed E-state index contributed by atoms with van der Waals surface area (Å²) in [5.74, 6) is 0.490. The fraction of sp³-hybridized carbons (Fsp3) is 0.556. The predicted octanol–water partition coefficient (Wildman–Crippen LogP) is 2.52. The van der Waals surface area contributed by atoms with E-state index >= 15 is 0 Å². The van der Waals surface area contributed by atoms with Crippen molar-refractivity contribution in [3.63, 3.8) is 0 Å². The Morgan fingerprint density at radius 2 is 1.96 bits per heavy atom. The van der Waals surface area contributed by atoms with Crippen LogP contribution >= 0.6 is 0 Å². The van der Waals surface area contributed by atoms with Crippen LogP contribution in [0.3, 0.4) is 0 Å². The molecule has 5 heteroatoms. The lowest BCUT2D eigenvalue weighted by atomic mass is 10.1. The van der Waals surface area contributed by atoms with Crippen LogP contribution in [0, 0.1) is 5.92 Å². The zero-order valence-electron chi connectivity index (χ0n) is 14.0. The molecular formula is C18H27N3O2. The van der Waals surface area contributed by atoms with Crippen LogP contribution in [-0.4, -0.2) is 36.0 Å². The summed E-state index contributed by atoms with van der Waals surface area (Å²) < 4.78 is 0. The van der Waals surface area contributed by atoms with Crippen LogP contribution in [0.25, 0.3) is 0 Å². The van der Waals surface area contributed by atoms with Gasteiger partial charge in [0.05, 0.1) is 0 Å². The molecule has 0 aliphatic carbocycles. The van der Waals surface area contributed by atoms with Crippen LogP contribution in [-0.2, 0) is 11.3 Å². The molecule has 1 atom stereocenters. The molecule has 0 spiro atoms. The van der Waals surface area contributed by atoms with Gasteiger partial charge in [-0.05, 0) is 30.7 Å². The molecule has 2 rings (SSSR count). The van der Waals surface area contributed by atoms with E-state index in [1.807, 2.05) is 30.3 Å². The molecule has 1 fully saturated rings. The molecule has 1 heterocycles. The van der Waals surface area contributed by atoms with Gasteiger partial charge in [0.25, 0.3) is 0 Å². The van der Waals surface area contributed by atoms with E-state index in [0.717, 1.165) is 24.8 Å². The average molecular weight is 317 g/mol. The standard InChI is InChI=1S/C18H27N3O2/c1-14(2)10-11-19-18(23)21-12-6-9-16(21)17(22)20-13-15-7-4-3-5-8-15/h3-5,7-8,14,16H,6,9-13H2,1-2H3,(H,19,23)(H,20,22)/t16-/m0/s1. The number of nitrogens with one attached hydrogen (secondary N) is 2. The van der Waals surface area contributed by atoms with Crippen molar-refractivity contribution in [1.29, 1.82) is 0 Å². The Bertz CT molecular complexity index is 516. The number of nitrogens with zero attached hydrogens (tertiary/aromatic N) is 1. The normalized spacial score (nSPS) is 17.3. The van der Waals surface area contributed by atoms with Gasteiger partial charge in [-0.25, -0.2) is 4.79 Å². The Morgan fingerprint density at radius 3 is 2.65 bits per heavy atom. The van der Waals surface area contributed by atoms with Gasteiger partial charge in [0.2, 0.25) is 5.91 Å². The van der Waals surface area contributed by atoms with E-state index in [4.69, 9.17) is 0 Å². The summed E-state index contributed by atoms with van der Waals surface area (Å²) in [6.07, 6.45) is 2.56. The van der Waals surface area contributed by atoms with Crippen LogP contribution in [0.5, 0.6) is 0 Å². The summed E-state index contributed by atoms with van der Waals surface area (Å²) >= 11 is 0. The minimum absolute atomic E-state index is 0.0645. The minimum Gasteiger partial charge on any atom is -0.350 e. The van der Waals surface area contributed by atoms with Gasteiger partial charge in [-0.15, -0.1) is 0 Å². The molecule has 1 aliphatic heterocycles. The van der Waals surface area contributed by atoms with E-state index in [1.165, 1.54) is 0 Å². The summed E-state index contributed by atoms with van der Waals surface area (Å²) in [6.45, 7) is 6.06. The van der Waals surface area contributed by atoms with E-state index in [0.29, 0.717) is 25.6 Å². The molecular weight excluding hydrogens is 290 g/mol. The van der Waals surface area contributed by atoms with Crippen molar-refractivity contribution in [2.75, 3.05) is 13.1 Å². The van der Waals surface area contributed by atoms with Crippen molar-refractivity contribution in [3.8, 4) is 0 Å². The highest BCUT2D eigenvalue weighted by molar-refractivity contribution is 5.87. The first kappa shape index (κ1) is 17.3. The zero-order valence-corrected chi connectivity index (χ0v) is 14.0. The molecule has 1 saturated heterocycles. The molecule has 2 N–H and O–H groups in total. The number of urea groups is 1. The van der Waals surface area contributed by atoms with Gasteiger partial charge >= 0.3 is 6.03 Å². The number of rotatable bonds is 6. The van der Waals surface area contributed by atoms with Gasteiger partial charge < -0.3 is 15.5 Å². The third-order valence-corrected chi connectivity index (χ3v) is 4.12. The maximum Gasteiger partial charge on any atom is 0.318 e. The molecule has 0 bridgehead atoms. The lowest BCUT2D eigenvalue weighted by Gasteiger charge is -2.24. The van der Waals surface area contributed by atoms with Crippen molar-refractivity contribution in [1.82, 2.24) is 15.5 Å². The number of amides is 3. The Labute approximate surface area is 138 Å². The van der Waals surface area contributed by atoms with Crippen molar-refractivity contribution in [3.05, 3.63) is 35.9 Å². The second-order valence-electron chi connectivity index (χ2n) is 6.47. The Balaban J connectivity index is 1.82. The lowest BCUT2D eigenvalue weighted by Crippen LogP contribution is -2.49. The molecule has 23 heavy (non-hydrogen) atoms. The third-order valence-electron chi connectivity index (χ3n) is 4.12. The van der Waals surface area contributed by atoms with E-state index in [9.17, 15) is 9.59 Å². The smallest absolute Gasteiger partial charge is 0.318 e. The zero-order chi connectivity index (χ0) is 16.7. The van der Waals surface area contributed by atoms with Gasteiger partial charge in [-0.1, -0.05) is 44.2 Å². The highest BCUT2D eigenvalue weighted by atomic mass is 16.2. The van der Waals surface area contributed by atoms with Crippen LogP contribution < -0.4 is 10.6 Å². The summed E-state index contributed by atoms with van der Waals surface area (Å²) in [7, 11) is 0. The second kappa shape index (κ2) is 8.56. The average Bonchev–Trinajstić information content (AvgIpc) is 3.03. The van der Waals surface area contributed by atoms with Crippen LogP contribution in [0.2, 0.25) is 0 Å². The SMILES string of the molecule is CC(C)CCNC(=O)N1CCC[C@H]1C(=O)NCc1ccccc1. The van der Waals surface area contributed by atoms with Gasteiger partial charge in [0.1, 0.15) is 6.04 Å². The number of carbonyl (C=O) groups excluding carboxylic acids is 2. The maximum atomic E-state index is 12.4. The third kappa shape index (κ3) is 5.27. The van der Waals surface area contributed by atoms with Gasteiger partial charge in [0, 0.05) is 19.6 Å². The fourth-order valence-corrected chi connectivity index (χ4v) is 2.75. The number of benzene rings is 1. The monoisotopic (exact) mass is 317 g/mol. The quantitative estimate of drug-likeness (QED) is 0.847. The largest absolute Gasteiger partial charge is 0.350 e. The Hall–Kier alpha value is -2.04. The van der Waals surface area contributed by atoms with E-state index in [2.05, 4.69) is 24.5 Å². The van der Waals surface area contributed by atoms with Crippen molar-refractivity contribution < 1.29 is 9.59 Å².